The minimum Gasteiger partial charge on any atom is -0.340 e. The molecule has 1 aromatic rings. The number of amides is 1. The second-order valence-corrected chi connectivity index (χ2v) is 6.05. The van der Waals surface area contributed by atoms with Crippen LogP contribution >= 0.6 is 12.4 Å². The molecular formula is C16H23ClN2O. The Balaban J connectivity index is 0.00000147. The van der Waals surface area contributed by atoms with E-state index >= 15 is 0 Å². The summed E-state index contributed by atoms with van der Waals surface area (Å²) in [6, 6.07) is 8.45. The van der Waals surface area contributed by atoms with Crippen LogP contribution in [0.15, 0.2) is 24.3 Å². The first-order valence-corrected chi connectivity index (χ1v) is 7.24. The first-order valence-electron chi connectivity index (χ1n) is 7.24. The van der Waals surface area contributed by atoms with Crippen LogP contribution in [0.1, 0.15) is 36.8 Å². The number of rotatable bonds is 2. The standard InChI is InChI=1S/C16H22N2O.ClH/c1-12-5-2-3-7-14(12)16(8-9-16)15(19)18-10-4-6-13(17)11-18;/h2-3,5,7,13H,4,6,8-11,17H2,1H3;1H. The predicted octanol–water partition coefficient (Wildman–Crippen LogP) is 2.40. The zero-order chi connectivity index (χ0) is 13.5. The highest BCUT2D eigenvalue weighted by Crippen LogP contribution is 2.50. The number of nitrogens with two attached hydrogens (primary N) is 1. The molecule has 1 aromatic carbocycles. The number of halogens is 1. The van der Waals surface area contributed by atoms with E-state index in [2.05, 4.69) is 19.1 Å². The van der Waals surface area contributed by atoms with Crippen LogP contribution in [0.25, 0.3) is 0 Å². The molecule has 1 amide bonds. The molecule has 1 atom stereocenters. The van der Waals surface area contributed by atoms with Crippen LogP contribution in [-0.4, -0.2) is 29.9 Å². The van der Waals surface area contributed by atoms with Crippen molar-refractivity contribution >= 4 is 18.3 Å². The van der Waals surface area contributed by atoms with Gasteiger partial charge in [0, 0.05) is 19.1 Å². The Hall–Kier alpha value is -1.06. The first-order chi connectivity index (χ1) is 9.13. The number of hydrogen-bond acceptors (Lipinski definition) is 2. The maximum Gasteiger partial charge on any atom is 0.233 e. The van der Waals surface area contributed by atoms with Crippen LogP contribution in [0.4, 0.5) is 0 Å². The monoisotopic (exact) mass is 294 g/mol. The van der Waals surface area contributed by atoms with Gasteiger partial charge in [0.2, 0.25) is 5.91 Å². The molecule has 4 heteroatoms. The van der Waals surface area contributed by atoms with Gasteiger partial charge in [0.1, 0.15) is 0 Å². The molecule has 0 aromatic heterocycles. The Morgan fingerprint density at radius 2 is 2.05 bits per heavy atom. The number of hydrogen-bond donors (Lipinski definition) is 1. The first kappa shape index (κ1) is 15.3. The molecular weight excluding hydrogens is 272 g/mol. The molecule has 3 nitrogen and oxygen atoms in total. The Kier molecular flexibility index (Phi) is 4.40. The average molecular weight is 295 g/mol. The van der Waals surface area contributed by atoms with Gasteiger partial charge in [0.05, 0.1) is 5.41 Å². The lowest BCUT2D eigenvalue weighted by Gasteiger charge is -2.34. The normalized spacial score (nSPS) is 23.9. The van der Waals surface area contributed by atoms with E-state index in [1.807, 2.05) is 17.0 Å². The lowest BCUT2D eigenvalue weighted by atomic mass is 9.89. The van der Waals surface area contributed by atoms with E-state index in [9.17, 15) is 4.79 Å². The molecule has 2 fully saturated rings. The molecule has 0 bridgehead atoms. The molecule has 110 valence electrons. The summed E-state index contributed by atoms with van der Waals surface area (Å²) in [7, 11) is 0. The van der Waals surface area contributed by atoms with Gasteiger partial charge in [-0.25, -0.2) is 0 Å². The van der Waals surface area contributed by atoms with Crippen LogP contribution in [0.5, 0.6) is 0 Å². The third kappa shape index (κ3) is 2.57. The largest absolute Gasteiger partial charge is 0.340 e. The molecule has 1 aliphatic carbocycles. The molecule has 2 N–H and O–H groups in total. The summed E-state index contributed by atoms with van der Waals surface area (Å²) in [4.78, 5) is 14.8. The molecule has 1 saturated carbocycles. The summed E-state index contributed by atoms with van der Waals surface area (Å²) >= 11 is 0. The van der Waals surface area contributed by atoms with E-state index in [0.29, 0.717) is 5.91 Å². The fourth-order valence-electron chi connectivity index (χ4n) is 3.33. The predicted molar refractivity (Wildman–Crippen MR) is 83.1 cm³/mol. The van der Waals surface area contributed by atoms with Crippen molar-refractivity contribution in [2.45, 2.75) is 44.1 Å². The SMILES string of the molecule is Cc1ccccc1C1(C(=O)N2CCCC(N)C2)CC1.Cl. The van der Waals surface area contributed by atoms with Gasteiger partial charge in [-0.15, -0.1) is 12.4 Å². The summed E-state index contributed by atoms with van der Waals surface area (Å²) < 4.78 is 0. The highest BCUT2D eigenvalue weighted by Gasteiger charge is 2.53. The molecule has 3 rings (SSSR count). The van der Waals surface area contributed by atoms with Crippen molar-refractivity contribution in [1.29, 1.82) is 0 Å². The van der Waals surface area contributed by atoms with E-state index in [4.69, 9.17) is 5.73 Å². The number of aryl methyl sites for hydroxylation is 1. The van der Waals surface area contributed by atoms with Crippen molar-refractivity contribution in [3.8, 4) is 0 Å². The summed E-state index contributed by atoms with van der Waals surface area (Å²) in [5, 5.41) is 0. The molecule has 0 radical (unpaired) electrons. The maximum absolute atomic E-state index is 12.9. The van der Waals surface area contributed by atoms with Gasteiger partial charge in [-0.2, -0.15) is 0 Å². The quantitative estimate of drug-likeness (QED) is 0.910. The van der Waals surface area contributed by atoms with Crippen molar-refractivity contribution in [2.75, 3.05) is 13.1 Å². The van der Waals surface area contributed by atoms with Crippen molar-refractivity contribution in [3.05, 3.63) is 35.4 Å². The maximum atomic E-state index is 12.9. The minimum atomic E-state index is -0.234. The number of benzene rings is 1. The van der Waals surface area contributed by atoms with E-state index in [-0.39, 0.29) is 23.9 Å². The van der Waals surface area contributed by atoms with Gasteiger partial charge in [-0.3, -0.25) is 4.79 Å². The fraction of sp³-hybridized carbons (Fsp3) is 0.562. The fourth-order valence-corrected chi connectivity index (χ4v) is 3.33. The highest BCUT2D eigenvalue weighted by atomic mass is 35.5. The van der Waals surface area contributed by atoms with Crippen LogP contribution in [-0.2, 0) is 10.2 Å². The summed E-state index contributed by atoms with van der Waals surface area (Å²) in [5.41, 5.74) is 8.22. The zero-order valence-electron chi connectivity index (χ0n) is 12.0. The summed E-state index contributed by atoms with van der Waals surface area (Å²) in [6.45, 7) is 3.71. The van der Waals surface area contributed by atoms with Crippen LogP contribution < -0.4 is 5.73 Å². The Morgan fingerprint density at radius 1 is 1.35 bits per heavy atom. The van der Waals surface area contributed by atoms with Gasteiger partial charge in [0.15, 0.2) is 0 Å². The van der Waals surface area contributed by atoms with Crippen molar-refractivity contribution in [2.24, 2.45) is 5.73 Å². The molecule has 20 heavy (non-hydrogen) atoms. The van der Waals surface area contributed by atoms with Crippen LogP contribution in [0, 0.1) is 6.92 Å². The van der Waals surface area contributed by atoms with Crippen molar-refractivity contribution in [1.82, 2.24) is 4.90 Å². The molecule has 1 heterocycles. The number of carbonyl (C=O) groups is 1. The lowest BCUT2D eigenvalue weighted by molar-refractivity contribution is -0.135. The van der Waals surface area contributed by atoms with Gasteiger partial charge >= 0.3 is 0 Å². The smallest absolute Gasteiger partial charge is 0.233 e. The molecule has 1 unspecified atom stereocenters. The molecule has 0 spiro atoms. The minimum absolute atomic E-state index is 0. The number of likely N-dealkylation sites (tertiary alicyclic amines) is 1. The number of carbonyl (C=O) groups excluding carboxylic acids is 1. The van der Waals surface area contributed by atoms with E-state index in [1.54, 1.807) is 0 Å². The average Bonchev–Trinajstić information content (AvgIpc) is 3.20. The molecule has 1 saturated heterocycles. The van der Waals surface area contributed by atoms with Crippen LogP contribution in [0.3, 0.4) is 0 Å². The van der Waals surface area contributed by atoms with Crippen LogP contribution in [0.2, 0.25) is 0 Å². The van der Waals surface area contributed by atoms with E-state index in [1.165, 1.54) is 11.1 Å². The Labute approximate surface area is 126 Å². The number of piperidine rings is 1. The Morgan fingerprint density at radius 3 is 2.65 bits per heavy atom. The van der Waals surface area contributed by atoms with Gasteiger partial charge in [-0.05, 0) is 43.7 Å². The zero-order valence-corrected chi connectivity index (χ0v) is 12.8. The second-order valence-electron chi connectivity index (χ2n) is 6.05. The third-order valence-electron chi connectivity index (χ3n) is 4.57. The Bertz CT molecular complexity index is 499. The number of nitrogens with zero attached hydrogens (tertiary/aromatic N) is 1. The topological polar surface area (TPSA) is 46.3 Å². The lowest BCUT2D eigenvalue weighted by Crippen LogP contribution is -2.49. The highest BCUT2D eigenvalue weighted by molar-refractivity contribution is 5.91. The summed E-state index contributed by atoms with van der Waals surface area (Å²) in [5.74, 6) is 0.303. The van der Waals surface area contributed by atoms with E-state index in [0.717, 1.165) is 38.8 Å². The molecule has 2 aliphatic rings. The van der Waals surface area contributed by atoms with E-state index < -0.39 is 0 Å². The van der Waals surface area contributed by atoms with Gasteiger partial charge in [-0.1, -0.05) is 24.3 Å². The summed E-state index contributed by atoms with van der Waals surface area (Å²) in [6.07, 6.45) is 4.06. The van der Waals surface area contributed by atoms with Crippen molar-refractivity contribution < 1.29 is 4.79 Å². The van der Waals surface area contributed by atoms with Gasteiger partial charge in [0.25, 0.3) is 0 Å². The molecule has 1 aliphatic heterocycles. The van der Waals surface area contributed by atoms with Gasteiger partial charge < -0.3 is 10.6 Å². The second kappa shape index (κ2) is 5.74. The third-order valence-corrected chi connectivity index (χ3v) is 4.57. The van der Waals surface area contributed by atoms with Crippen molar-refractivity contribution in [3.63, 3.8) is 0 Å².